The molecule has 3 N–H and O–H groups in total. The summed E-state index contributed by atoms with van der Waals surface area (Å²) in [5, 5.41) is 0. The molecule has 0 fully saturated rings. The predicted octanol–water partition coefficient (Wildman–Crippen LogP) is 3.13. The maximum Gasteiger partial charge on any atom is 0.264 e. The Labute approximate surface area is 123 Å². The summed E-state index contributed by atoms with van der Waals surface area (Å²) in [6.07, 6.45) is 0. The number of benzene rings is 2. The van der Waals surface area contributed by atoms with Gasteiger partial charge in [0.25, 0.3) is 10.0 Å². The number of anilines is 2. The van der Waals surface area contributed by atoms with Crippen molar-refractivity contribution in [1.82, 2.24) is 0 Å². The lowest BCUT2D eigenvalue weighted by Gasteiger charge is -2.15. The normalized spacial score (nSPS) is 11.4. The fourth-order valence-electron chi connectivity index (χ4n) is 2.10. The quantitative estimate of drug-likeness (QED) is 0.856. The van der Waals surface area contributed by atoms with Gasteiger partial charge in [-0.1, -0.05) is 12.1 Å². The Morgan fingerprint density at radius 3 is 2.24 bits per heavy atom. The van der Waals surface area contributed by atoms with Gasteiger partial charge in [-0.25, -0.2) is 12.8 Å². The van der Waals surface area contributed by atoms with Gasteiger partial charge in [-0.15, -0.1) is 0 Å². The molecule has 0 aliphatic carbocycles. The Kier molecular flexibility index (Phi) is 3.91. The molecule has 0 atom stereocenters. The van der Waals surface area contributed by atoms with Crippen molar-refractivity contribution in [2.24, 2.45) is 0 Å². The first-order valence-electron chi connectivity index (χ1n) is 6.37. The van der Waals surface area contributed by atoms with E-state index in [1.165, 1.54) is 18.2 Å². The SMILES string of the molecule is Cc1cc(F)ccc1NS(=O)(=O)c1c(C)ccc(C)c1N. The van der Waals surface area contributed by atoms with Gasteiger partial charge in [0.2, 0.25) is 0 Å². The van der Waals surface area contributed by atoms with Gasteiger partial charge >= 0.3 is 0 Å². The van der Waals surface area contributed by atoms with Crippen molar-refractivity contribution in [1.29, 1.82) is 0 Å². The molecule has 0 heterocycles. The summed E-state index contributed by atoms with van der Waals surface area (Å²) in [6.45, 7) is 5.06. The number of sulfonamides is 1. The van der Waals surface area contributed by atoms with Gasteiger partial charge in [0, 0.05) is 0 Å². The zero-order valence-corrected chi connectivity index (χ0v) is 12.9. The zero-order chi connectivity index (χ0) is 15.8. The van der Waals surface area contributed by atoms with Gasteiger partial charge in [0.1, 0.15) is 10.7 Å². The first-order chi connectivity index (χ1) is 9.72. The van der Waals surface area contributed by atoms with E-state index in [4.69, 9.17) is 5.73 Å². The number of aryl methyl sites for hydroxylation is 3. The Morgan fingerprint density at radius 2 is 1.62 bits per heavy atom. The van der Waals surface area contributed by atoms with Crippen LogP contribution in [-0.4, -0.2) is 8.42 Å². The van der Waals surface area contributed by atoms with Gasteiger partial charge < -0.3 is 5.73 Å². The number of rotatable bonds is 3. The van der Waals surface area contributed by atoms with Crippen LogP contribution in [0.3, 0.4) is 0 Å². The maximum absolute atomic E-state index is 13.1. The first kappa shape index (κ1) is 15.3. The summed E-state index contributed by atoms with van der Waals surface area (Å²) in [5.41, 5.74) is 8.22. The lowest BCUT2D eigenvalue weighted by molar-refractivity contribution is 0.600. The third-order valence-corrected chi connectivity index (χ3v) is 4.88. The summed E-state index contributed by atoms with van der Waals surface area (Å²) < 4.78 is 40.6. The highest BCUT2D eigenvalue weighted by Gasteiger charge is 2.22. The molecule has 0 unspecified atom stereocenters. The molecular weight excluding hydrogens is 291 g/mol. The highest BCUT2D eigenvalue weighted by molar-refractivity contribution is 7.93. The molecule has 0 spiro atoms. The summed E-state index contributed by atoms with van der Waals surface area (Å²) in [4.78, 5) is 0.0613. The highest BCUT2D eigenvalue weighted by atomic mass is 32.2. The second-order valence-corrected chi connectivity index (χ2v) is 6.63. The highest BCUT2D eigenvalue weighted by Crippen LogP contribution is 2.28. The number of nitrogens with two attached hydrogens (primary N) is 1. The number of hydrogen-bond donors (Lipinski definition) is 2. The number of halogens is 1. The lowest BCUT2D eigenvalue weighted by Crippen LogP contribution is -2.17. The van der Waals surface area contributed by atoms with Gasteiger partial charge in [-0.05, 0) is 55.7 Å². The molecule has 0 saturated heterocycles. The molecular formula is C15H17FN2O2S. The van der Waals surface area contributed by atoms with E-state index < -0.39 is 15.8 Å². The van der Waals surface area contributed by atoms with Gasteiger partial charge in [0.15, 0.2) is 0 Å². The summed E-state index contributed by atoms with van der Waals surface area (Å²) in [7, 11) is -3.83. The first-order valence-corrected chi connectivity index (χ1v) is 7.85. The summed E-state index contributed by atoms with van der Waals surface area (Å²) >= 11 is 0. The van der Waals surface area contributed by atoms with Crippen molar-refractivity contribution in [3.63, 3.8) is 0 Å². The van der Waals surface area contributed by atoms with E-state index in [2.05, 4.69) is 4.72 Å². The van der Waals surface area contributed by atoms with E-state index >= 15 is 0 Å². The topological polar surface area (TPSA) is 72.2 Å². The fraction of sp³-hybridized carbons (Fsp3) is 0.200. The van der Waals surface area contributed by atoms with Crippen LogP contribution in [-0.2, 0) is 10.0 Å². The fourth-order valence-corrected chi connectivity index (χ4v) is 3.66. The van der Waals surface area contributed by atoms with Crippen LogP contribution in [0.4, 0.5) is 15.8 Å². The molecule has 2 rings (SSSR count). The van der Waals surface area contributed by atoms with E-state index in [1.54, 1.807) is 32.9 Å². The number of nitrogens with one attached hydrogen (secondary N) is 1. The molecule has 4 nitrogen and oxygen atoms in total. The van der Waals surface area contributed by atoms with E-state index in [-0.39, 0.29) is 10.6 Å². The van der Waals surface area contributed by atoms with Crippen LogP contribution in [0.15, 0.2) is 35.2 Å². The van der Waals surface area contributed by atoms with Crippen molar-refractivity contribution >= 4 is 21.4 Å². The van der Waals surface area contributed by atoms with Crippen LogP contribution in [0.5, 0.6) is 0 Å². The summed E-state index contributed by atoms with van der Waals surface area (Å²) in [6, 6.07) is 7.34. The maximum atomic E-state index is 13.1. The average molecular weight is 308 g/mol. The molecule has 2 aromatic carbocycles. The molecule has 0 saturated carbocycles. The van der Waals surface area contributed by atoms with Crippen LogP contribution >= 0.6 is 0 Å². The standard InChI is InChI=1S/C15H17FN2O2S/c1-9-4-5-10(2)15(14(9)17)21(19,20)18-13-7-6-12(16)8-11(13)3/h4-8,18H,17H2,1-3H3. The molecule has 2 aromatic rings. The molecule has 0 bridgehead atoms. The van der Waals surface area contributed by atoms with Gasteiger partial charge in [-0.2, -0.15) is 0 Å². The zero-order valence-electron chi connectivity index (χ0n) is 12.1. The summed E-state index contributed by atoms with van der Waals surface area (Å²) in [5.74, 6) is -0.415. The Morgan fingerprint density at radius 1 is 1.00 bits per heavy atom. The van der Waals surface area contributed by atoms with E-state index in [0.29, 0.717) is 22.4 Å². The smallest absolute Gasteiger partial charge is 0.264 e. The van der Waals surface area contributed by atoms with Crippen molar-refractivity contribution in [3.8, 4) is 0 Å². The van der Waals surface area contributed by atoms with Crippen LogP contribution in [0.1, 0.15) is 16.7 Å². The largest absolute Gasteiger partial charge is 0.397 e. The minimum absolute atomic E-state index is 0.0613. The molecule has 0 radical (unpaired) electrons. The van der Waals surface area contributed by atoms with Gasteiger partial charge in [-0.3, -0.25) is 4.72 Å². The Bertz CT molecular complexity index is 802. The van der Waals surface area contributed by atoms with Crippen LogP contribution in [0.25, 0.3) is 0 Å². The lowest BCUT2D eigenvalue weighted by atomic mass is 10.1. The van der Waals surface area contributed by atoms with Crippen molar-refractivity contribution in [2.45, 2.75) is 25.7 Å². The molecule has 0 aliphatic rings. The molecule has 6 heteroatoms. The van der Waals surface area contributed by atoms with Crippen molar-refractivity contribution in [3.05, 3.63) is 52.8 Å². The number of nitrogen functional groups attached to an aromatic ring is 1. The minimum atomic E-state index is -3.83. The number of hydrogen-bond acceptors (Lipinski definition) is 3. The second kappa shape index (κ2) is 5.37. The molecule has 112 valence electrons. The molecule has 0 amide bonds. The minimum Gasteiger partial charge on any atom is -0.397 e. The van der Waals surface area contributed by atoms with Crippen LogP contribution in [0, 0.1) is 26.6 Å². The molecule has 0 aromatic heterocycles. The Balaban J connectivity index is 2.51. The van der Waals surface area contributed by atoms with E-state index in [9.17, 15) is 12.8 Å². The Hall–Kier alpha value is -2.08. The van der Waals surface area contributed by atoms with Gasteiger partial charge in [0.05, 0.1) is 11.4 Å². The molecule has 0 aliphatic heterocycles. The van der Waals surface area contributed by atoms with Crippen molar-refractivity contribution < 1.29 is 12.8 Å². The van der Waals surface area contributed by atoms with E-state index in [1.807, 2.05) is 0 Å². The van der Waals surface area contributed by atoms with Crippen LogP contribution in [0.2, 0.25) is 0 Å². The van der Waals surface area contributed by atoms with Crippen molar-refractivity contribution in [2.75, 3.05) is 10.5 Å². The average Bonchev–Trinajstić information content (AvgIpc) is 2.37. The third kappa shape index (κ3) is 3.00. The predicted molar refractivity (Wildman–Crippen MR) is 82.3 cm³/mol. The van der Waals surface area contributed by atoms with E-state index in [0.717, 1.165) is 0 Å². The second-order valence-electron chi connectivity index (χ2n) is 5.01. The third-order valence-electron chi connectivity index (χ3n) is 3.31. The molecule has 21 heavy (non-hydrogen) atoms. The van der Waals surface area contributed by atoms with Crippen LogP contribution < -0.4 is 10.5 Å². The monoisotopic (exact) mass is 308 g/mol.